The summed E-state index contributed by atoms with van der Waals surface area (Å²) in [6, 6.07) is 4.02. The van der Waals surface area contributed by atoms with Gasteiger partial charge < -0.3 is 14.8 Å². The van der Waals surface area contributed by atoms with Crippen molar-refractivity contribution in [1.82, 2.24) is 15.5 Å². The Kier molecular flexibility index (Phi) is 4.21. The summed E-state index contributed by atoms with van der Waals surface area (Å²) >= 11 is 11.3. The molecule has 2 aromatic heterocycles. The molecule has 9 heteroatoms. The van der Waals surface area contributed by atoms with Crippen LogP contribution in [0.3, 0.4) is 0 Å². The lowest BCUT2D eigenvalue weighted by atomic mass is 10.3. The summed E-state index contributed by atoms with van der Waals surface area (Å²) in [7, 11) is 0. The van der Waals surface area contributed by atoms with Crippen LogP contribution in [0, 0.1) is 0 Å². The first kappa shape index (κ1) is 14.3. The van der Waals surface area contributed by atoms with Gasteiger partial charge in [-0.3, -0.25) is 4.79 Å². The average molecular weight is 316 g/mol. The first-order valence-corrected chi connectivity index (χ1v) is 6.02. The van der Waals surface area contributed by atoms with Crippen molar-refractivity contribution in [2.75, 3.05) is 0 Å². The number of carbonyl (C=O) groups is 2. The van der Waals surface area contributed by atoms with Crippen molar-refractivity contribution >= 4 is 35.1 Å². The summed E-state index contributed by atoms with van der Waals surface area (Å²) in [5, 5.41) is 18.1. The maximum atomic E-state index is 11.9. The highest BCUT2D eigenvalue weighted by molar-refractivity contribution is 6.34. The van der Waals surface area contributed by atoms with Crippen LogP contribution in [0.2, 0.25) is 10.3 Å². The number of rotatable bonds is 4. The molecule has 2 rings (SSSR count). The Morgan fingerprint density at radius 2 is 2.05 bits per heavy atom. The Bertz CT molecular complexity index is 671. The molecule has 7 nitrogen and oxygen atoms in total. The van der Waals surface area contributed by atoms with Crippen molar-refractivity contribution in [1.29, 1.82) is 0 Å². The first-order chi connectivity index (χ1) is 9.47. The maximum Gasteiger partial charge on any atom is 0.371 e. The fourth-order valence-corrected chi connectivity index (χ4v) is 1.69. The van der Waals surface area contributed by atoms with Crippen LogP contribution < -0.4 is 5.32 Å². The Labute approximate surface area is 122 Å². The summed E-state index contributed by atoms with van der Waals surface area (Å²) in [5.74, 6) is -1.63. The molecule has 0 bridgehead atoms. The van der Waals surface area contributed by atoms with Crippen LogP contribution in [0.15, 0.2) is 22.6 Å². The van der Waals surface area contributed by atoms with Crippen molar-refractivity contribution in [3.63, 3.8) is 0 Å². The van der Waals surface area contributed by atoms with Gasteiger partial charge in [0.05, 0.1) is 12.1 Å². The first-order valence-electron chi connectivity index (χ1n) is 5.26. The van der Waals surface area contributed by atoms with Crippen LogP contribution in [0.25, 0.3) is 0 Å². The molecule has 2 heterocycles. The fourth-order valence-electron chi connectivity index (χ4n) is 1.36. The van der Waals surface area contributed by atoms with Gasteiger partial charge in [-0.2, -0.15) is 0 Å². The molecule has 20 heavy (non-hydrogen) atoms. The van der Waals surface area contributed by atoms with Crippen molar-refractivity contribution in [3.8, 4) is 0 Å². The molecule has 0 saturated carbocycles. The van der Waals surface area contributed by atoms with E-state index in [0.717, 1.165) is 0 Å². The van der Waals surface area contributed by atoms with Gasteiger partial charge in [-0.15, -0.1) is 10.2 Å². The molecule has 0 aliphatic rings. The zero-order valence-corrected chi connectivity index (χ0v) is 11.3. The second-order valence-corrected chi connectivity index (χ2v) is 4.37. The quantitative estimate of drug-likeness (QED) is 0.894. The van der Waals surface area contributed by atoms with E-state index in [0.29, 0.717) is 5.76 Å². The number of hydrogen-bond donors (Lipinski definition) is 2. The predicted octanol–water partition coefficient (Wildman–Crippen LogP) is 2.00. The van der Waals surface area contributed by atoms with Crippen molar-refractivity contribution in [2.24, 2.45) is 0 Å². The van der Waals surface area contributed by atoms with E-state index in [1.54, 1.807) is 0 Å². The molecule has 0 unspecified atom stereocenters. The van der Waals surface area contributed by atoms with E-state index in [-0.39, 0.29) is 28.2 Å². The van der Waals surface area contributed by atoms with Crippen LogP contribution in [0.1, 0.15) is 26.7 Å². The van der Waals surface area contributed by atoms with E-state index in [9.17, 15) is 9.59 Å². The Morgan fingerprint density at radius 1 is 1.30 bits per heavy atom. The molecule has 0 aliphatic carbocycles. The van der Waals surface area contributed by atoms with E-state index in [4.69, 9.17) is 32.7 Å². The molecule has 0 atom stereocenters. The predicted molar refractivity (Wildman–Crippen MR) is 68.9 cm³/mol. The minimum atomic E-state index is -1.18. The molecule has 0 fully saturated rings. The van der Waals surface area contributed by atoms with E-state index < -0.39 is 11.9 Å². The minimum Gasteiger partial charge on any atom is -0.475 e. The fraction of sp³-hybridized carbons (Fsp3) is 0.0909. The van der Waals surface area contributed by atoms with Crippen molar-refractivity contribution < 1.29 is 19.1 Å². The molecule has 1 amide bonds. The second kappa shape index (κ2) is 5.89. The van der Waals surface area contributed by atoms with Gasteiger partial charge >= 0.3 is 5.97 Å². The Balaban J connectivity index is 2.04. The minimum absolute atomic E-state index is 0.00237. The van der Waals surface area contributed by atoms with Crippen molar-refractivity contribution in [3.05, 3.63) is 45.6 Å². The molecule has 0 radical (unpaired) electrons. The van der Waals surface area contributed by atoms with Gasteiger partial charge in [0.15, 0.2) is 10.3 Å². The third kappa shape index (κ3) is 3.25. The van der Waals surface area contributed by atoms with Crippen LogP contribution in [-0.2, 0) is 6.54 Å². The number of carboxylic acid groups (broad SMARTS) is 1. The molecule has 2 aromatic rings. The van der Waals surface area contributed by atoms with Gasteiger partial charge in [0, 0.05) is 0 Å². The number of hydrogen-bond acceptors (Lipinski definition) is 5. The SMILES string of the molecule is O=C(O)c1ccc(CNC(=O)c2cc(Cl)nnc2Cl)o1. The molecule has 0 aromatic carbocycles. The van der Waals surface area contributed by atoms with E-state index >= 15 is 0 Å². The Hall–Kier alpha value is -2.12. The normalized spacial score (nSPS) is 10.3. The largest absolute Gasteiger partial charge is 0.475 e. The summed E-state index contributed by atoms with van der Waals surface area (Å²) in [6.07, 6.45) is 0. The van der Waals surface area contributed by atoms with Crippen molar-refractivity contribution in [2.45, 2.75) is 6.54 Å². The summed E-state index contributed by atoms with van der Waals surface area (Å²) in [4.78, 5) is 22.5. The average Bonchev–Trinajstić information content (AvgIpc) is 2.88. The van der Waals surface area contributed by atoms with Crippen LogP contribution in [0.4, 0.5) is 0 Å². The van der Waals surface area contributed by atoms with E-state index in [2.05, 4.69) is 15.5 Å². The third-order valence-electron chi connectivity index (χ3n) is 2.26. The number of furan rings is 1. The number of aromatic nitrogens is 2. The standard InChI is InChI=1S/C11H7Cl2N3O4/c12-8-3-6(9(13)16-15-8)10(17)14-4-5-1-2-7(20-5)11(18)19/h1-3H,4H2,(H,14,17)(H,18,19). The van der Waals surface area contributed by atoms with Gasteiger partial charge in [0.1, 0.15) is 5.76 Å². The number of carboxylic acids is 1. The second-order valence-electron chi connectivity index (χ2n) is 3.63. The number of nitrogens with zero attached hydrogens (tertiary/aromatic N) is 2. The molecular formula is C11H7Cl2N3O4. The number of aromatic carboxylic acids is 1. The number of halogens is 2. The summed E-state index contributed by atoms with van der Waals surface area (Å²) < 4.78 is 4.98. The highest BCUT2D eigenvalue weighted by atomic mass is 35.5. The molecule has 0 spiro atoms. The zero-order valence-electron chi connectivity index (χ0n) is 9.76. The molecule has 0 saturated heterocycles. The molecule has 104 valence electrons. The number of carbonyl (C=O) groups excluding carboxylic acids is 1. The van der Waals surface area contributed by atoms with Gasteiger partial charge in [-0.25, -0.2) is 4.79 Å². The maximum absolute atomic E-state index is 11.9. The molecule has 0 aliphatic heterocycles. The third-order valence-corrected chi connectivity index (χ3v) is 2.72. The molecular weight excluding hydrogens is 309 g/mol. The van der Waals surface area contributed by atoms with Gasteiger partial charge in [0.2, 0.25) is 5.76 Å². The van der Waals surface area contributed by atoms with Crippen LogP contribution in [0.5, 0.6) is 0 Å². The van der Waals surface area contributed by atoms with E-state index in [1.165, 1.54) is 18.2 Å². The summed E-state index contributed by atoms with van der Waals surface area (Å²) in [5.41, 5.74) is 0.0664. The summed E-state index contributed by atoms with van der Waals surface area (Å²) in [6.45, 7) is 0.00237. The highest BCUT2D eigenvalue weighted by Crippen LogP contribution is 2.15. The van der Waals surface area contributed by atoms with Gasteiger partial charge in [-0.1, -0.05) is 23.2 Å². The molecule has 2 N–H and O–H groups in total. The monoisotopic (exact) mass is 315 g/mol. The van der Waals surface area contributed by atoms with Crippen LogP contribution in [-0.4, -0.2) is 27.2 Å². The lowest BCUT2D eigenvalue weighted by molar-refractivity contribution is 0.0660. The topological polar surface area (TPSA) is 105 Å². The number of amides is 1. The number of nitrogens with one attached hydrogen (secondary N) is 1. The lowest BCUT2D eigenvalue weighted by Crippen LogP contribution is -2.23. The smallest absolute Gasteiger partial charge is 0.371 e. The van der Waals surface area contributed by atoms with Gasteiger partial charge in [0.25, 0.3) is 5.91 Å². The van der Waals surface area contributed by atoms with Gasteiger partial charge in [-0.05, 0) is 18.2 Å². The highest BCUT2D eigenvalue weighted by Gasteiger charge is 2.14. The van der Waals surface area contributed by atoms with Crippen LogP contribution >= 0.6 is 23.2 Å². The Morgan fingerprint density at radius 3 is 2.70 bits per heavy atom. The zero-order chi connectivity index (χ0) is 14.7. The van der Waals surface area contributed by atoms with E-state index in [1.807, 2.05) is 0 Å². The lowest BCUT2D eigenvalue weighted by Gasteiger charge is -2.04.